The lowest BCUT2D eigenvalue weighted by Crippen LogP contribution is -2.21. The Hall–Kier alpha value is -1.01. The average Bonchev–Trinajstić information content (AvgIpc) is 2.93. The zero-order chi connectivity index (χ0) is 10.5. The molecule has 2 aromatic heterocycles. The predicted molar refractivity (Wildman–Crippen MR) is 58.4 cm³/mol. The molecule has 0 spiro atoms. The molecule has 0 aliphatic heterocycles. The number of halogens is 1. The van der Waals surface area contributed by atoms with Crippen LogP contribution < -0.4 is 5.73 Å². The number of aromatic nitrogens is 4. The van der Waals surface area contributed by atoms with E-state index in [1.165, 1.54) is 0 Å². The van der Waals surface area contributed by atoms with Crippen LogP contribution in [0.2, 0.25) is 0 Å². The standard InChI is InChI=1S/C9H10BrN5/c10-6-3-12-8-13-7(14-15(8)4-6)9(5-11)1-2-9/h3-4H,1-2,5,11H2. The highest BCUT2D eigenvalue weighted by Gasteiger charge is 2.46. The summed E-state index contributed by atoms with van der Waals surface area (Å²) in [5.41, 5.74) is 5.76. The first-order valence-corrected chi connectivity index (χ1v) is 5.61. The summed E-state index contributed by atoms with van der Waals surface area (Å²) < 4.78 is 2.58. The van der Waals surface area contributed by atoms with Crippen molar-refractivity contribution in [1.82, 2.24) is 19.6 Å². The van der Waals surface area contributed by atoms with Gasteiger partial charge < -0.3 is 5.73 Å². The predicted octanol–water partition coefficient (Wildman–Crippen LogP) is 0.877. The summed E-state index contributed by atoms with van der Waals surface area (Å²) in [7, 11) is 0. The number of rotatable bonds is 2. The van der Waals surface area contributed by atoms with Gasteiger partial charge in [0.05, 0.1) is 4.47 Å². The van der Waals surface area contributed by atoms with Crippen LogP contribution in [0.3, 0.4) is 0 Å². The van der Waals surface area contributed by atoms with E-state index >= 15 is 0 Å². The van der Waals surface area contributed by atoms with E-state index in [1.54, 1.807) is 10.7 Å². The summed E-state index contributed by atoms with van der Waals surface area (Å²) in [4.78, 5) is 8.58. The smallest absolute Gasteiger partial charge is 0.252 e. The molecule has 15 heavy (non-hydrogen) atoms. The summed E-state index contributed by atoms with van der Waals surface area (Å²) in [6, 6.07) is 0. The van der Waals surface area contributed by atoms with Gasteiger partial charge in [-0.1, -0.05) is 0 Å². The first-order chi connectivity index (χ1) is 7.23. The molecule has 0 radical (unpaired) electrons. The van der Waals surface area contributed by atoms with E-state index in [0.717, 1.165) is 23.1 Å². The van der Waals surface area contributed by atoms with Gasteiger partial charge in [-0.3, -0.25) is 0 Å². The molecular weight excluding hydrogens is 258 g/mol. The molecule has 2 N–H and O–H groups in total. The van der Waals surface area contributed by atoms with Gasteiger partial charge in [0.1, 0.15) is 0 Å². The Morgan fingerprint density at radius 3 is 3.00 bits per heavy atom. The lowest BCUT2D eigenvalue weighted by atomic mass is 10.1. The number of fused-ring (bicyclic) bond motifs is 1. The van der Waals surface area contributed by atoms with Crippen molar-refractivity contribution in [3.63, 3.8) is 0 Å². The van der Waals surface area contributed by atoms with Crippen molar-refractivity contribution in [3.05, 3.63) is 22.7 Å². The highest BCUT2D eigenvalue weighted by molar-refractivity contribution is 9.10. The second-order valence-electron chi connectivity index (χ2n) is 3.94. The van der Waals surface area contributed by atoms with Gasteiger partial charge in [-0.2, -0.15) is 4.98 Å². The zero-order valence-corrected chi connectivity index (χ0v) is 9.61. The van der Waals surface area contributed by atoms with Crippen LogP contribution in [-0.4, -0.2) is 26.1 Å². The summed E-state index contributed by atoms with van der Waals surface area (Å²) in [5.74, 6) is 1.46. The maximum absolute atomic E-state index is 5.73. The van der Waals surface area contributed by atoms with Crippen molar-refractivity contribution < 1.29 is 0 Å². The van der Waals surface area contributed by atoms with Gasteiger partial charge in [0, 0.05) is 24.4 Å². The lowest BCUT2D eigenvalue weighted by molar-refractivity contribution is 0.647. The summed E-state index contributed by atoms with van der Waals surface area (Å²) in [6.45, 7) is 0.616. The van der Waals surface area contributed by atoms with E-state index in [-0.39, 0.29) is 5.41 Å². The summed E-state index contributed by atoms with van der Waals surface area (Å²) in [6.07, 6.45) is 5.74. The van der Waals surface area contributed by atoms with E-state index < -0.39 is 0 Å². The largest absolute Gasteiger partial charge is 0.329 e. The van der Waals surface area contributed by atoms with Crippen molar-refractivity contribution in [3.8, 4) is 0 Å². The van der Waals surface area contributed by atoms with Gasteiger partial charge in [0.25, 0.3) is 5.78 Å². The minimum Gasteiger partial charge on any atom is -0.329 e. The second-order valence-corrected chi connectivity index (χ2v) is 4.85. The third-order valence-corrected chi connectivity index (χ3v) is 3.29. The van der Waals surface area contributed by atoms with E-state index in [1.807, 2.05) is 6.20 Å². The molecule has 5 nitrogen and oxygen atoms in total. The SMILES string of the molecule is NCC1(c2nc3ncc(Br)cn3n2)CC1. The molecule has 1 saturated carbocycles. The molecule has 0 unspecified atom stereocenters. The van der Waals surface area contributed by atoms with Crippen molar-refractivity contribution in [2.75, 3.05) is 6.54 Å². The fourth-order valence-corrected chi connectivity index (χ4v) is 1.95. The maximum Gasteiger partial charge on any atom is 0.252 e. The molecule has 0 atom stereocenters. The minimum atomic E-state index is 0.0280. The lowest BCUT2D eigenvalue weighted by Gasteiger charge is -2.04. The fraction of sp³-hybridized carbons (Fsp3) is 0.444. The fourth-order valence-electron chi connectivity index (χ4n) is 1.65. The average molecular weight is 268 g/mol. The third-order valence-electron chi connectivity index (χ3n) is 2.88. The Kier molecular flexibility index (Phi) is 1.84. The van der Waals surface area contributed by atoms with Crippen molar-refractivity contribution in [2.24, 2.45) is 5.73 Å². The van der Waals surface area contributed by atoms with Crippen molar-refractivity contribution in [2.45, 2.75) is 18.3 Å². The van der Waals surface area contributed by atoms with E-state index in [9.17, 15) is 0 Å². The molecule has 6 heteroatoms. The molecule has 78 valence electrons. The molecule has 2 aromatic rings. The van der Waals surface area contributed by atoms with Crippen LogP contribution in [0.1, 0.15) is 18.7 Å². The number of hydrogen-bond donors (Lipinski definition) is 1. The van der Waals surface area contributed by atoms with E-state index in [4.69, 9.17) is 5.73 Å². The van der Waals surface area contributed by atoms with Crippen molar-refractivity contribution in [1.29, 1.82) is 0 Å². The quantitative estimate of drug-likeness (QED) is 0.877. The molecular formula is C9H10BrN5. The van der Waals surface area contributed by atoms with Crippen LogP contribution in [-0.2, 0) is 5.41 Å². The molecule has 0 amide bonds. The number of nitrogens with two attached hydrogens (primary N) is 1. The topological polar surface area (TPSA) is 69.1 Å². The van der Waals surface area contributed by atoms with Gasteiger partial charge in [-0.25, -0.2) is 9.50 Å². The molecule has 1 aliphatic rings. The van der Waals surface area contributed by atoms with Gasteiger partial charge in [-0.15, -0.1) is 5.10 Å². The zero-order valence-electron chi connectivity index (χ0n) is 8.02. The van der Waals surface area contributed by atoms with Crippen LogP contribution >= 0.6 is 15.9 Å². The molecule has 0 bridgehead atoms. The molecule has 2 heterocycles. The van der Waals surface area contributed by atoms with E-state index in [0.29, 0.717) is 12.3 Å². The highest BCUT2D eigenvalue weighted by Crippen LogP contribution is 2.45. The number of hydrogen-bond acceptors (Lipinski definition) is 4. The molecule has 1 aliphatic carbocycles. The van der Waals surface area contributed by atoms with Crippen LogP contribution in [0.25, 0.3) is 5.78 Å². The first-order valence-electron chi connectivity index (χ1n) is 4.82. The number of nitrogens with zero attached hydrogens (tertiary/aromatic N) is 4. The highest BCUT2D eigenvalue weighted by atomic mass is 79.9. The van der Waals surface area contributed by atoms with Crippen LogP contribution in [0.4, 0.5) is 0 Å². The molecule has 0 aromatic carbocycles. The molecule has 0 saturated heterocycles. The monoisotopic (exact) mass is 267 g/mol. The Morgan fingerprint density at radius 2 is 2.33 bits per heavy atom. The van der Waals surface area contributed by atoms with Crippen LogP contribution in [0, 0.1) is 0 Å². The second kappa shape index (κ2) is 2.99. The Morgan fingerprint density at radius 1 is 1.53 bits per heavy atom. The van der Waals surface area contributed by atoms with Gasteiger partial charge in [0.2, 0.25) is 0 Å². The third kappa shape index (κ3) is 1.36. The van der Waals surface area contributed by atoms with Crippen LogP contribution in [0.5, 0.6) is 0 Å². The molecule has 3 rings (SSSR count). The summed E-state index contributed by atoms with van der Waals surface area (Å²) in [5, 5.41) is 4.41. The minimum absolute atomic E-state index is 0.0280. The maximum atomic E-state index is 5.73. The van der Waals surface area contributed by atoms with Crippen molar-refractivity contribution >= 4 is 21.7 Å². The van der Waals surface area contributed by atoms with Gasteiger partial charge in [0.15, 0.2) is 5.82 Å². The van der Waals surface area contributed by atoms with Gasteiger partial charge >= 0.3 is 0 Å². The Bertz CT molecular complexity index is 516. The molecule has 1 fully saturated rings. The first kappa shape index (κ1) is 9.23. The van der Waals surface area contributed by atoms with Crippen LogP contribution in [0.15, 0.2) is 16.9 Å². The Balaban J connectivity index is 2.14. The summed E-state index contributed by atoms with van der Waals surface area (Å²) >= 11 is 3.35. The van der Waals surface area contributed by atoms with E-state index in [2.05, 4.69) is 31.0 Å². The normalized spacial score (nSPS) is 18.3. The van der Waals surface area contributed by atoms with Gasteiger partial charge in [-0.05, 0) is 28.8 Å². The Labute approximate surface area is 94.8 Å².